The molecule has 0 unspecified atom stereocenters. The van der Waals surface area contributed by atoms with Crippen molar-refractivity contribution in [2.45, 2.75) is 25.3 Å². The van der Waals surface area contributed by atoms with Crippen LogP contribution in [0.1, 0.15) is 30.0 Å². The fourth-order valence-corrected chi connectivity index (χ4v) is 2.57. The monoisotopic (exact) mass is 269 g/mol. The molecule has 0 aliphatic carbocycles. The first-order valence-electron chi connectivity index (χ1n) is 7.08. The number of hydrogen-bond donors (Lipinski definition) is 2. The summed E-state index contributed by atoms with van der Waals surface area (Å²) in [5.74, 6) is 1.42. The third-order valence-corrected chi connectivity index (χ3v) is 3.66. The normalized spacial score (nSPS) is 16.0. The van der Waals surface area contributed by atoms with Gasteiger partial charge >= 0.3 is 0 Å². The van der Waals surface area contributed by atoms with Crippen LogP contribution >= 0.6 is 0 Å². The molecule has 3 heterocycles. The zero-order valence-electron chi connectivity index (χ0n) is 11.4. The van der Waals surface area contributed by atoms with E-state index in [2.05, 4.69) is 25.6 Å². The molecule has 3 rings (SSSR count). The van der Waals surface area contributed by atoms with Gasteiger partial charge in [-0.15, -0.1) is 0 Å². The molecular weight excluding hydrogens is 250 g/mol. The molecule has 1 fully saturated rings. The van der Waals surface area contributed by atoms with Crippen LogP contribution in [0.4, 0.5) is 5.82 Å². The molecule has 0 aromatic carbocycles. The highest BCUT2D eigenvalue weighted by Crippen LogP contribution is 2.27. The fraction of sp³-hybridized carbons (Fsp3) is 0.400. The van der Waals surface area contributed by atoms with Crippen LogP contribution in [0.15, 0.2) is 36.9 Å². The molecule has 0 bridgehead atoms. The van der Waals surface area contributed by atoms with Crippen LogP contribution < -0.4 is 10.6 Å². The summed E-state index contributed by atoms with van der Waals surface area (Å²) in [6.07, 6.45) is 9.41. The highest BCUT2D eigenvalue weighted by Gasteiger charge is 2.20. The third kappa shape index (κ3) is 3.11. The predicted octanol–water partition coefficient (Wildman–Crippen LogP) is 1.95. The Hall–Kier alpha value is -2.01. The lowest BCUT2D eigenvalue weighted by Gasteiger charge is -2.23. The lowest BCUT2D eigenvalue weighted by molar-refractivity contribution is 0.453. The van der Waals surface area contributed by atoms with Gasteiger partial charge in [0.2, 0.25) is 0 Å². The van der Waals surface area contributed by atoms with Gasteiger partial charge in [0.1, 0.15) is 5.82 Å². The van der Waals surface area contributed by atoms with E-state index < -0.39 is 0 Å². The van der Waals surface area contributed by atoms with Crippen LogP contribution in [0.5, 0.6) is 0 Å². The molecule has 5 nitrogen and oxygen atoms in total. The Morgan fingerprint density at radius 1 is 1.05 bits per heavy atom. The summed E-state index contributed by atoms with van der Waals surface area (Å²) in [7, 11) is 0. The zero-order valence-corrected chi connectivity index (χ0v) is 11.4. The van der Waals surface area contributed by atoms with Gasteiger partial charge in [0.25, 0.3) is 0 Å². The van der Waals surface area contributed by atoms with Crippen molar-refractivity contribution in [1.29, 1.82) is 0 Å². The standard InChI is InChI=1S/C15H19N5/c1-5-16-6-2-12(1)11-20-15-14(18-9-10-19-15)13-3-7-17-8-4-13/h1-2,5-6,9-10,13,17H,3-4,7-8,11H2,(H,19,20). The van der Waals surface area contributed by atoms with E-state index in [1.807, 2.05) is 12.1 Å². The Bertz CT molecular complexity index is 537. The number of aromatic nitrogens is 3. The summed E-state index contributed by atoms with van der Waals surface area (Å²) >= 11 is 0. The van der Waals surface area contributed by atoms with Crippen LogP contribution in [0.2, 0.25) is 0 Å². The van der Waals surface area contributed by atoms with Crippen LogP contribution in [0.3, 0.4) is 0 Å². The minimum atomic E-state index is 0.505. The first-order valence-corrected chi connectivity index (χ1v) is 7.08. The number of nitrogens with one attached hydrogen (secondary N) is 2. The Kier molecular flexibility index (Phi) is 4.18. The van der Waals surface area contributed by atoms with Gasteiger partial charge in [0.05, 0.1) is 5.69 Å². The number of hydrogen-bond acceptors (Lipinski definition) is 5. The average molecular weight is 269 g/mol. The number of piperidine rings is 1. The summed E-state index contributed by atoms with van der Waals surface area (Å²) in [4.78, 5) is 13.0. The molecular formula is C15H19N5. The topological polar surface area (TPSA) is 62.7 Å². The van der Waals surface area contributed by atoms with Crippen molar-refractivity contribution in [3.63, 3.8) is 0 Å². The molecule has 0 amide bonds. The number of pyridine rings is 1. The van der Waals surface area contributed by atoms with Gasteiger partial charge < -0.3 is 10.6 Å². The summed E-state index contributed by atoms with van der Waals surface area (Å²) in [6.45, 7) is 2.87. The maximum Gasteiger partial charge on any atom is 0.148 e. The van der Waals surface area contributed by atoms with Gasteiger partial charge in [-0.3, -0.25) is 9.97 Å². The first-order chi connectivity index (χ1) is 9.93. The fourth-order valence-electron chi connectivity index (χ4n) is 2.57. The minimum Gasteiger partial charge on any atom is -0.364 e. The number of anilines is 1. The Morgan fingerprint density at radius 2 is 1.80 bits per heavy atom. The van der Waals surface area contributed by atoms with Gasteiger partial charge in [-0.25, -0.2) is 4.98 Å². The highest BCUT2D eigenvalue weighted by atomic mass is 15.0. The predicted molar refractivity (Wildman–Crippen MR) is 78.4 cm³/mol. The van der Waals surface area contributed by atoms with Crippen molar-refractivity contribution < 1.29 is 0 Å². The van der Waals surface area contributed by atoms with Crippen LogP contribution in [0, 0.1) is 0 Å². The van der Waals surface area contributed by atoms with Crippen LogP contribution in [-0.4, -0.2) is 28.0 Å². The van der Waals surface area contributed by atoms with E-state index >= 15 is 0 Å². The first kappa shape index (κ1) is 13.0. The van der Waals surface area contributed by atoms with Gasteiger partial charge in [-0.1, -0.05) is 0 Å². The minimum absolute atomic E-state index is 0.505. The van der Waals surface area contributed by atoms with E-state index in [4.69, 9.17) is 0 Å². The Labute approximate surface area is 118 Å². The van der Waals surface area contributed by atoms with E-state index in [-0.39, 0.29) is 0 Å². The van der Waals surface area contributed by atoms with E-state index in [1.165, 1.54) is 5.56 Å². The summed E-state index contributed by atoms with van der Waals surface area (Å²) < 4.78 is 0. The average Bonchev–Trinajstić information content (AvgIpc) is 2.55. The van der Waals surface area contributed by atoms with Crippen molar-refractivity contribution in [2.75, 3.05) is 18.4 Å². The molecule has 0 saturated carbocycles. The molecule has 0 atom stereocenters. The number of rotatable bonds is 4. The van der Waals surface area contributed by atoms with Gasteiger partial charge in [0.15, 0.2) is 0 Å². The van der Waals surface area contributed by atoms with Crippen molar-refractivity contribution >= 4 is 5.82 Å². The van der Waals surface area contributed by atoms with E-state index in [1.54, 1.807) is 24.8 Å². The second kappa shape index (κ2) is 6.43. The lowest BCUT2D eigenvalue weighted by atomic mass is 9.94. The van der Waals surface area contributed by atoms with E-state index in [9.17, 15) is 0 Å². The van der Waals surface area contributed by atoms with E-state index in [0.29, 0.717) is 5.92 Å². The number of nitrogens with zero attached hydrogens (tertiary/aromatic N) is 3. The van der Waals surface area contributed by atoms with Crippen molar-refractivity contribution in [3.8, 4) is 0 Å². The summed E-state index contributed by atoms with van der Waals surface area (Å²) in [5, 5.41) is 6.79. The molecule has 0 radical (unpaired) electrons. The second-order valence-electron chi connectivity index (χ2n) is 5.02. The molecule has 1 aliphatic heterocycles. The van der Waals surface area contributed by atoms with Gasteiger partial charge in [-0.2, -0.15) is 0 Å². The van der Waals surface area contributed by atoms with Gasteiger partial charge in [-0.05, 0) is 43.6 Å². The molecule has 104 valence electrons. The van der Waals surface area contributed by atoms with Crippen molar-refractivity contribution in [2.24, 2.45) is 0 Å². The summed E-state index contributed by atoms with van der Waals surface area (Å²) in [6, 6.07) is 4.02. The molecule has 2 N–H and O–H groups in total. The molecule has 2 aromatic rings. The maximum atomic E-state index is 4.55. The third-order valence-electron chi connectivity index (χ3n) is 3.66. The van der Waals surface area contributed by atoms with Crippen LogP contribution in [0.25, 0.3) is 0 Å². The van der Waals surface area contributed by atoms with Crippen molar-refractivity contribution in [3.05, 3.63) is 48.2 Å². The highest BCUT2D eigenvalue weighted by molar-refractivity contribution is 5.42. The largest absolute Gasteiger partial charge is 0.364 e. The van der Waals surface area contributed by atoms with Crippen LogP contribution in [-0.2, 0) is 6.54 Å². The van der Waals surface area contributed by atoms with Gasteiger partial charge in [0, 0.05) is 37.3 Å². The quantitative estimate of drug-likeness (QED) is 0.888. The zero-order chi connectivity index (χ0) is 13.6. The van der Waals surface area contributed by atoms with E-state index in [0.717, 1.165) is 44.0 Å². The smallest absolute Gasteiger partial charge is 0.148 e. The Morgan fingerprint density at radius 3 is 2.60 bits per heavy atom. The summed E-state index contributed by atoms with van der Waals surface area (Å²) in [5.41, 5.74) is 2.30. The second-order valence-corrected chi connectivity index (χ2v) is 5.02. The molecule has 5 heteroatoms. The molecule has 2 aromatic heterocycles. The van der Waals surface area contributed by atoms with Crippen molar-refractivity contribution in [1.82, 2.24) is 20.3 Å². The lowest BCUT2D eigenvalue weighted by Crippen LogP contribution is -2.27. The Balaban J connectivity index is 1.72. The molecule has 0 spiro atoms. The molecule has 1 aliphatic rings. The SMILES string of the molecule is c1cc(CNc2nccnc2C2CCNCC2)ccn1. The maximum absolute atomic E-state index is 4.55. The molecule has 1 saturated heterocycles. The molecule has 20 heavy (non-hydrogen) atoms.